The first-order chi connectivity index (χ1) is 61.9. The number of amides is 3. The number of nitrogens with zero attached hydrogens (tertiary/aromatic N) is 21. The van der Waals surface area contributed by atoms with Crippen molar-refractivity contribution in [1.29, 1.82) is 0 Å². The van der Waals surface area contributed by atoms with Gasteiger partial charge in [0.05, 0.1) is 59.1 Å². The van der Waals surface area contributed by atoms with Crippen molar-refractivity contribution < 1.29 is 41.8 Å². The molecule has 0 bridgehead atoms. The van der Waals surface area contributed by atoms with Gasteiger partial charge >= 0.3 is 18.0 Å². The minimum absolute atomic E-state index is 0. The van der Waals surface area contributed by atoms with Crippen molar-refractivity contribution in [3.63, 3.8) is 0 Å². The Balaban J connectivity index is 0.000000167. The van der Waals surface area contributed by atoms with E-state index in [4.69, 9.17) is 68.9 Å². The maximum atomic E-state index is 14.7. The van der Waals surface area contributed by atoms with Crippen LogP contribution >= 0.6 is 38.6 Å². The molecule has 14 heterocycles. The number of carbonyl (C=O) groups is 3. The number of fused-ring (bicyclic) bond motifs is 6. The Morgan fingerprint density at radius 1 is 0.523 bits per heavy atom. The molecule has 8 atom stereocenters. The molecule has 5 aromatic heterocycles. The molecule has 29 nitrogen and oxygen atoms in total. The molecule has 18 rings (SSSR count). The van der Waals surface area contributed by atoms with Crippen LogP contribution in [0.4, 0.5) is 47.7 Å². The number of nitrogens with one attached hydrogen (secondary N) is 2. The Hall–Kier alpha value is -11.1. The summed E-state index contributed by atoms with van der Waals surface area (Å²) in [5, 5.41) is 12.5. The third kappa shape index (κ3) is 20.9. The number of aryl methyl sites for hydroxylation is 2. The number of likely N-dealkylation sites (N-methyl/N-ethyl adjacent to an activating group) is 3. The van der Waals surface area contributed by atoms with Gasteiger partial charge in [-0.3, -0.25) is 34.2 Å². The number of anilines is 6. The fourth-order valence-corrected chi connectivity index (χ4v) is 20.9. The lowest BCUT2D eigenvalue weighted by atomic mass is 9.99. The van der Waals surface area contributed by atoms with Gasteiger partial charge in [-0.15, -0.1) is 0 Å². The van der Waals surface area contributed by atoms with Gasteiger partial charge in [0.2, 0.25) is 30.8 Å². The quantitative estimate of drug-likeness (QED) is 0.0531. The molecule has 4 aromatic carbocycles. The summed E-state index contributed by atoms with van der Waals surface area (Å²) in [5.41, 5.74) is 12.7. The van der Waals surface area contributed by atoms with Crippen LogP contribution in [-0.4, -0.2) is 298 Å². The molecule has 704 valence electrons. The van der Waals surface area contributed by atoms with Gasteiger partial charge < -0.3 is 73.0 Å². The third-order valence-corrected chi connectivity index (χ3v) is 27.7. The first-order valence-corrected chi connectivity index (χ1v) is 45.1. The molecule has 6 fully saturated rings. The van der Waals surface area contributed by atoms with Crippen LogP contribution in [0, 0.1) is 40.8 Å². The molecule has 6 saturated heterocycles. The summed E-state index contributed by atoms with van der Waals surface area (Å²) in [5.74, 6) is 2.07. The van der Waals surface area contributed by atoms with Crippen LogP contribution in [0.3, 0.4) is 0 Å². The van der Waals surface area contributed by atoms with E-state index in [1.807, 2.05) is 71.3 Å². The topological polar surface area (TPSA) is 248 Å². The van der Waals surface area contributed by atoms with E-state index in [1.165, 1.54) is 57.2 Å². The number of aromatic amines is 2. The van der Waals surface area contributed by atoms with Crippen LogP contribution in [-0.2, 0) is 53.3 Å². The maximum Gasteiger partial charge on any atom is 0.318 e. The minimum atomic E-state index is -1.26. The first kappa shape index (κ1) is 98.4. The lowest BCUT2D eigenvalue weighted by Gasteiger charge is -2.41. The monoisotopic (exact) mass is 1860 g/mol. The van der Waals surface area contributed by atoms with Gasteiger partial charge in [-0.25, -0.2) is 26.3 Å². The van der Waals surface area contributed by atoms with Gasteiger partial charge in [0, 0.05) is 198 Å². The molecule has 132 heavy (non-hydrogen) atoms. The third-order valence-electron chi connectivity index (χ3n) is 27.4. The molecular weight excluding hydrogens is 1740 g/mol. The number of ether oxygens (including phenoxy) is 3. The number of hydrogen-bond donors (Lipinski definition) is 2. The Labute approximate surface area is 791 Å². The van der Waals surface area contributed by atoms with Gasteiger partial charge in [-0.2, -0.15) is 62.0 Å². The molecule has 9 aliphatic rings. The van der Waals surface area contributed by atoms with Gasteiger partial charge in [-0.05, 0) is 165 Å². The highest BCUT2D eigenvalue weighted by molar-refractivity contribution is 7.59. The second-order valence-electron chi connectivity index (χ2n) is 36.9. The van der Waals surface area contributed by atoms with Crippen LogP contribution in [0.25, 0.3) is 42.3 Å². The standard InChI is InChI=1S/C33H37ClFN7O2.C33H41FN8O2.C30H39FN8O2.CH4.2H2S/c1-5-29(43)42-15-14-41(18-24(42)17-36-3)31-25-12-13-40(28-11-7-9-22-8-6-10-26(34)30(22)28)19-27(25)37-32(38-31)44-20-23-16-33(2,35)21-39(23)4;1-7-29(43)42-13-12-41(17-24(42)16-35-5)31-26-9-11-40(30-22(3)21(2)14-27-25(30)8-10-36-27)18-28(26)37-32(38-31)44-19-23-15-33(4,34)20-39(23)6;1-6-26(40)37-9-11-38(12-10-37)28-22-7-8-39(27-20(3)19(2)13-24-23(27)15-32-35-24)16-25(22)33-29(34-28)41-17-21-14-30(4,31)18-36(21)5;;;/h5-11,23-24H,1,12-21H2,2,4H3;7-8,10,14,23-24,36H,1,9,11-13,15-20H2,2-4,6H3;6,13,15,21H,1,7-12,14,16-18H2,2-5H3,(H,32,35);1H4;2*1H2/t2*23-,24-,33?;21-,30?;;;/m000.../s1. The number of piperazine rings is 3. The number of H-pyrrole nitrogens is 2. The summed E-state index contributed by atoms with van der Waals surface area (Å²) in [6, 6.07) is 18.7. The highest BCUT2D eigenvalue weighted by atomic mass is 35.5. The summed E-state index contributed by atoms with van der Waals surface area (Å²) >= 11 is 6.69. The van der Waals surface area contributed by atoms with Crippen LogP contribution in [0.1, 0.15) is 103 Å². The predicted molar refractivity (Wildman–Crippen MR) is 526 cm³/mol. The summed E-state index contributed by atoms with van der Waals surface area (Å²) in [6.45, 7) is 51.5. The van der Waals surface area contributed by atoms with Crippen LogP contribution < -0.4 is 43.6 Å². The number of halogens is 4. The molecule has 9 aliphatic heterocycles. The van der Waals surface area contributed by atoms with E-state index in [0.29, 0.717) is 155 Å². The van der Waals surface area contributed by atoms with Crippen molar-refractivity contribution >= 4 is 123 Å². The largest absolute Gasteiger partial charge is 0.462 e. The first-order valence-electron chi connectivity index (χ1n) is 44.8. The lowest BCUT2D eigenvalue weighted by Crippen LogP contribution is -2.56. The normalized spacial score (nSPS) is 23.2. The van der Waals surface area contributed by atoms with E-state index >= 15 is 0 Å². The van der Waals surface area contributed by atoms with E-state index in [-0.39, 0.29) is 114 Å². The second-order valence-corrected chi connectivity index (χ2v) is 37.3. The maximum absolute atomic E-state index is 14.7. The molecule has 35 heteroatoms. The highest BCUT2D eigenvalue weighted by Crippen LogP contribution is 2.44. The highest BCUT2D eigenvalue weighted by Gasteiger charge is 2.45. The van der Waals surface area contributed by atoms with E-state index < -0.39 is 17.0 Å². The van der Waals surface area contributed by atoms with Gasteiger partial charge in [0.1, 0.15) is 66.4 Å². The lowest BCUT2D eigenvalue weighted by molar-refractivity contribution is -0.129. The predicted octanol–water partition coefficient (Wildman–Crippen LogP) is 12.9. The number of hydrogen-bond acceptors (Lipinski definition) is 22. The van der Waals surface area contributed by atoms with Crippen molar-refractivity contribution in [3.8, 4) is 18.0 Å². The van der Waals surface area contributed by atoms with Crippen molar-refractivity contribution in [2.45, 2.75) is 161 Å². The summed E-state index contributed by atoms with van der Waals surface area (Å²) in [7, 11) is 5.76. The van der Waals surface area contributed by atoms with Crippen LogP contribution in [0.5, 0.6) is 18.0 Å². The number of benzene rings is 4. The van der Waals surface area contributed by atoms with E-state index in [2.05, 4.69) is 138 Å². The zero-order valence-electron chi connectivity index (χ0n) is 76.7. The van der Waals surface area contributed by atoms with Gasteiger partial charge in [-0.1, -0.05) is 63.0 Å². The van der Waals surface area contributed by atoms with Crippen molar-refractivity contribution in [2.24, 2.45) is 0 Å². The fraction of sp³-hybridized carbons (Fsp3) is 0.505. The Morgan fingerprint density at radius 3 is 1.36 bits per heavy atom. The molecule has 3 amide bonds. The smallest absolute Gasteiger partial charge is 0.318 e. The molecule has 9 aromatic rings. The Morgan fingerprint density at radius 2 is 0.932 bits per heavy atom. The number of carbonyl (C=O) groups excluding carboxylic acids is 3. The second kappa shape index (κ2) is 41.1. The summed E-state index contributed by atoms with van der Waals surface area (Å²) in [6.07, 6.45) is 11.3. The van der Waals surface area contributed by atoms with Crippen LogP contribution in [0.2, 0.25) is 5.02 Å². The average Bonchev–Trinajstić information content (AvgIpc) is 1.21. The van der Waals surface area contributed by atoms with E-state index in [1.54, 1.807) is 30.6 Å². The molecule has 0 spiro atoms. The van der Waals surface area contributed by atoms with Gasteiger partial charge in [0.25, 0.3) is 0 Å². The average molecular weight is 1870 g/mol. The number of rotatable bonds is 20. The molecule has 2 N–H and O–H groups in total. The molecular formula is C97H125ClF3N23O6S2. The molecule has 0 aliphatic carbocycles. The fourth-order valence-electron chi connectivity index (χ4n) is 20.7. The zero-order valence-corrected chi connectivity index (χ0v) is 79.4. The number of likely N-dealkylation sites (tertiary alicyclic amines) is 3. The number of aromatic nitrogens is 9. The molecule has 3 unspecified atom stereocenters. The molecule has 0 radical (unpaired) electrons. The number of alkyl halides is 3. The zero-order chi connectivity index (χ0) is 91.1. The Bertz CT molecular complexity index is 5850. The van der Waals surface area contributed by atoms with Crippen molar-refractivity contribution in [1.82, 2.24) is 74.5 Å². The van der Waals surface area contributed by atoms with E-state index in [0.717, 1.165) is 117 Å². The van der Waals surface area contributed by atoms with Crippen LogP contribution in [0.15, 0.2) is 105 Å². The summed E-state index contributed by atoms with van der Waals surface area (Å²) < 4.78 is 62.8. The minimum Gasteiger partial charge on any atom is -0.462 e. The van der Waals surface area contributed by atoms with E-state index in [9.17, 15) is 27.6 Å². The summed E-state index contributed by atoms with van der Waals surface area (Å²) in [4.78, 5) is 102. The SMILES string of the molecule is C.C=CC(=O)N1CCN(c2nc(OC[C@@H]3CC(C)(F)CN3C)nc3c2CCN(c2c(C)c(C)cc4[nH]ncc24)C3)CC1.S.S.[C-]#[N+]C[C@H]1CN(c2nc(OC[C@@H]3CC(C)(F)CN3C)nc3c2CCN(c2c(C)c(C)cc4[nH]ccc24)C3)CCN1C(=O)C=C.[C-]#[N+]C[C@H]1CN(c2nc(OC[C@@H]3CC(C)(F)CN3C)nc3c2CCN(c2cccc4cccc(Cl)c24)C3)CCN1C(=O)C=C. The van der Waals surface area contributed by atoms with Crippen molar-refractivity contribution in [2.75, 3.05) is 188 Å². The van der Waals surface area contributed by atoms with Gasteiger partial charge in [0.15, 0.2) is 0 Å². The Kier molecular flexibility index (Phi) is 30.7. The van der Waals surface area contributed by atoms with Crippen molar-refractivity contribution in [3.05, 3.63) is 189 Å². The molecule has 0 saturated carbocycles.